The van der Waals surface area contributed by atoms with Crippen molar-refractivity contribution in [3.8, 4) is 0 Å². The van der Waals surface area contributed by atoms with Crippen molar-refractivity contribution < 1.29 is 4.79 Å². The molecular formula is C30H28ClN5OS2. The number of benzene rings is 3. The molecule has 6 rings (SSSR count). The lowest BCUT2D eigenvalue weighted by atomic mass is 10.0. The fraction of sp³-hybridized carbons (Fsp3) is 0.233. The normalized spacial score (nSPS) is 17.4. The number of hydrogen-bond donors (Lipinski definition) is 2. The van der Waals surface area contributed by atoms with Crippen LogP contribution in [-0.2, 0) is 4.79 Å². The molecule has 3 heterocycles. The Bertz CT molecular complexity index is 1580. The predicted molar refractivity (Wildman–Crippen MR) is 168 cm³/mol. The van der Waals surface area contributed by atoms with E-state index in [0.29, 0.717) is 15.8 Å². The van der Waals surface area contributed by atoms with Crippen LogP contribution in [0.15, 0.2) is 76.4 Å². The van der Waals surface area contributed by atoms with E-state index in [9.17, 15) is 4.79 Å². The zero-order chi connectivity index (χ0) is 26.9. The first-order chi connectivity index (χ1) is 19.0. The van der Waals surface area contributed by atoms with Gasteiger partial charge in [-0.2, -0.15) is 11.3 Å². The van der Waals surface area contributed by atoms with Gasteiger partial charge in [-0.05, 0) is 73.3 Å². The van der Waals surface area contributed by atoms with Gasteiger partial charge in [0.2, 0.25) is 6.17 Å². The van der Waals surface area contributed by atoms with Crippen LogP contribution in [0.1, 0.15) is 30.4 Å². The topological polar surface area (TPSA) is 60.0 Å². The Labute approximate surface area is 242 Å². The fourth-order valence-electron chi connectivity index (χ4n) is 5.35. The van der Waals surface area contributed by atoms with Gasteiger partial charge in [0.05, 0.1) is 11.4 Å². The molecule has 0 bridgehead atoms. The van der Waals surface area contributed by atoms with E-state index in [1.54, 1.807) is 29.4 Å². The van der Waals surface area contributed by atoms with Gasteiger partial charge in [0.25, 0.3) is 5.91 Å². The van der Waals surface area contributed by atoms with E-state index in [-0.39, 0.29) is 5.91 Å². The van der Waals surface area contributed by atoms with E-state index in [2.05, 4.69) is 45.9 Å². The number of carbonyl (C=O) groups is 1. The minimum atomic E-state index is -0.907. The molecule has 1 amide bonds. The van der Waals surface area contributed by atoms with Gasteiger partial charge < -0.3 is 20.4 Å². The first kappa shape index (κ1) is 25.8. The summed E-state index contributed by atoms with van der Waals surface area (Å²) >= 11 is 13.7. The van der Waals surface area contributed by atoms with Gasteiger partial charge in [-0.1, -0.05) is 35.9 Å². The number of amides is 1. The summed E-state index contributed by atoms with van der Waals surface area (Å²) < 4.78 is 0. The summed E-state index contributed by atoms with van der Waals surface area (Å²) in [6, 6.07) is 20.1. The SMILES string of the molecule is CN1C(=O)C(NC(=S)Nc2ccc(N3CCCCC3)c3ccccc23)N=C(c2ccsc2)c2cc(Cl)ccc21. The molecule has 1 fully saturated rings. The largest absolute Gasteiger partial charge is 0.371 e. The lowest BCUT2D eigenvalue weighted by Crippen LogP contribution is -2.47. The molecule has 0 aliphatic carbocycles. The van der Waals surface area contributed by atoms with E-state index < -0.39 is 6.17 Å². The number of hydrogen-bond acceptors (Lipinski definition) is 5. The maximum absolute atomic E-state index is 13.6. The van der Waals surface area contributed by atoms with Gasteiger partial charge in [-0.15, -0.1) is 0 Å². The summed E-state index contributed by atoms with van der Waals surface area (Å²) in [5.74, 6) is -0.210. The Balaban J connectivity index is 1.30. The molecule has 0 spiro atoms. The Kier molecular flexibility index (Phi) is 7.25. The zero-order valence-corrected chi connectivity index (χ0v) is 23.9. The van der Waals surface area contributed by atoms with Crippen molar-refractivity contribution in [1.29, 1.82) is 0 Å². The molecule has 1 saturated heterocycles. The third kappa shape index (κ3) is 5.12. The Morgan fingerprint density at radius 1 is 1.03 bits per heavy atom. The van der Waals surface area contributed by atoms with Gasteiger partial charge >= 0.3 is 0 Å². The summed E-state index contributed by atoms with van der Waals surface area (Å²) in [6.07, 6.45) is 2.82. The lowest BCUT2D eigenvalue weighted by molar-refractivity contribution is -0.119. The Hall–Kier alpha value is -3.46. The number of carbonyl (C=O) groups excluding carboxylic acids is 1. The first-order valence-corrected chi connectivity index (χ1v) is 14.7. The number of piperidine rings is 1. The third-order valence-electron chi connectivity index (χ3n) is 7.31. The molecule has 3 aromatic carbocycles. The molecule has 39 heavy (non-hydrogen) atoms. The molecule has 2 N–H and O–H groups in total. The molecule has 0 radical (unpaired) electrons. The number of anilines is 3. The smallest absolute Gasteiger partial charge is 0.272 e. The zero-order valence-electron chi connectivity index (χ0n) is 21.5. The highest BCUT2D eigenvalue weighted by Crippen LogP contribution is 2.34. The van der Waals surface area contributed by atoms with Crippen LogP contribution >= 0.6 is 35.2 Å². The Morgan fingerprint density at radius 2 is 1.79 bits per heavy atom. The number of rotatable bonds is 4. The number of nitrogens with zero attached hydrogens (tertiary/aromatic N) is 3. The molecule has 2 aliphatic rings. The van der Waals surface area contributed by atoms with Crippen LogP contribution in [0, 0.1) is 0 Å². The maximum Gasteiger partial charge on any atom is 0.272 e. The van der Waals surface area contributed by atoms with Crippen LogP contribution in [0.4, 0.5) is 17.1 Å². The Morgan fingerprint density at radius 3 is 2.56 bits per heavy atom. The van der Waals surface area contributed by atoms with Crippen molar-refractivity contribution in [2.24, 2.45) is 4.99 Å². The summed E-state index contributed by atoms with van der Waals surface area (Å²) in [7, 11) is 1.75. The van der Waals surface area contributed by atoms with Gasteiger partial charge in [-0.3, -0.25) is 4.79 Å². The number of benzodiazepines with no additional fused rings is 1. The molecule has 6 nitrogen and oxygen atoms in total. The van der Waals surface area contributed by atoms with E-state index in [4.69, 9.17) is 28.8 Å². The molecule has 1 aromatic heterocycles. The van der Waals surface area contributed by atoms with E-state index in [0.717, 1.165) is 41.0 Å². The number of thiophene rings is 1. The molecule has 1 atom stereocenters. The van der Waals surface area contributed by atoms with Crippen molar-refractivity contribution >= 4 is 79.7 Å². The van der Waals surface area contributed by atoms with E-state index >= 15 is 0 Å². The number of aliphatic imine (C=N–C) groups is 1. The fourth-order valence-corrected chi connectivity index (χ4v) is 6.39. The quantitative estimate of drug-likeness (QED) is 0.267. The molecular weight excluding hydrogens is 546 g/mol. The monoisotopic (exact) mass is 573 g/mol. The number of fused-ring (bicyclic) bond motifs is 2. The predicted octanol–water partition coefficient (Wildman–Crippen LogP) is 6.67. The van der Waals surface area contributed by atoms with Crippen LogP contribution in [0.5, 0.6) is 0 Å². The maximum atomic E-state index is 13.6. The number of halogens is 1. The van der Waals surface area contributed by atoms with Crippen molar-refractivity contribution in [1.82, 2.24) is 5.32 Å². The van der Waals surface area contributed by atoms with Crippen LogP contribution in [0.25, 0.3) is 10.8 Å². The second-order valence-electron chi connectivity index (χ2n) is 9.77. The van der Waals surface area contributed by atoms with Crippen LogP contribution in [-0.4, -0.2) is 43.0 Å². The summed E-state index contributed by atoms with van der Waals surface area (Å²) in [6.45, 7) is 2.15. The van der Waals surface area contributed by atoms with Gasteiger partial charge in [0.15, 0.2) is 5.11 Å². The van der Waals surface area contributed by atoms with Crippen molar-refractivity contribution in [3.63, 3.8) is 0 Å². The molecule has 1 unspecified atom stereocenters. The van der Waals surface area contributed by atoms with E-state index in [1.165, 1.54) is 30.3 Å². The summed E-state index contributed by atoms with van der Waals surface area (Å²) in [5, 5.41) is 13.7. The van der Waals surface area contributed by atoms with E-state index in [1.807, 2.05) is 35.0 Å². The lowest BCUT2D eigenvalue weighted by Gasteiger charge is -2.30. The van der Waals surface area contributed by atoms with Crippen molar-refractivity contribution in [3.05, 3.63) is 87.6 Å². The van der Waals surface area contributed by atoms with Gasteiger partial charge in [-0.25, -0.2) is 4.99 Å². The molecule has 198 valence electrons. The van der Waals surface area contributed by atoms with Gasteiger partial charge in [0.1, 0.15) is 0 Å². The summed E-state index contributed by atoms with van der Waals surface area (Å²) in [4.78, 5) is 22.5. The van der Waals surface area contributed by atoms with Crippen LogP contribution < -0.4 is 20.4 Å². The van der Waals surface area contributed by atoms with Crippen LogP contribution in [0.2, 0.25) is 5.02 Å². The van der Waals surface area contributed by atoms with Crippen LogP contribution in [0.3, 0.4) is 0 Å². The third-order valence-corrected chi connectivity index (χ3v) is 8.44. The minimum Gasteiger partial charge on any atom is -0.371 e. The standard InChI is InChI=1S/C30H28ClN5OS2/c1-35-25-11-9-20(31)17-23(25)27(19-13-16-39-18-19)33-28(29(35)37)34-30(38)32-24-10-12-26(36-14-5-2-6-15-36)22-8-4-3-7-21(22)24/h3-4,7-13,16-18,28H,2,5-6,14-15H2,1H3,(H2,32,34,38). The highest BCUT2D eigenvalue weighted by Gasteiger charge is 2.31. The molecule has 9 heteroatoms. The van der Waals surface area contributed by atoms with Crippen molar-refractivity contribution in [2.75, 3.05) is 35.3 Å². The molecule has 0 saturated carbocycles. The number of thiocarbonyl (C=S) groups is 1. The first-order valence-electron chi connectivity index (χ1n) is 13.0. The minimum absolute atomic E-state index is 0.210. The molecule has 4 aromatic rings. The average Bonchev–Trinajstić information content (AvgIpc) is 3.47. The highest BCUT2D eigenvalue weighted by molar-refractivity contribution is 7.80. The number of nitrogens with one attached hydrogen (secondary N) is 2. The summed E-state index contributed by atoms with van der Waals surface area (Å²) in [5.41, 5.74) is 5.31. The van der Waals surface area contributed by atoms with Gasteiger partial charge in [0, 0.05) is 63.8 Å². The second-order valence-corrected chi connectivity index (χ2v) is 11.4. The van der Waals surface area contributed by atoms with Crippen molar-refractivity contribution in [2.45, 2.75) is 25.4 Å². The molecule has 2 aliphatic heterocycles. The highest BCUT2D eigenvalue weighted by atomic mass is 35.5. The second kappa shape index (κ2) is 11.0. The average molecular weight is 574 g/mol. The number of likely N-dealkylation sites (N-methyl/N-ethyl adjacent to an activating group) is 1.